The van der Waals surface area contributed by atoms with Crippen molar-refractivity contribution in [1.29, 1.82) is 0 Å². The van der Waals surface area contributed by atoms with Gasteiger partial charge in [-0.3, -0.25) is 4.90 Å². The lowest BCUT2D eigenvalue weighted by molar-refractivity contribution is 0.324. The molecule has 0 saturated carbocycles. The van der Waals surface area contributed by atoms with Gasteiger partial charge in [-0.25, -0.2) is 4.39 Å². The molecule has 1 fully saturated rings. The van der Waals surface area contributed by atoms with Crippen molar-refractivity contribution in [3.8, 4) is 0 Å². The van der Waals surface area contributed by atoms with Gasteiger partial charge in [-0.1, -0.05) is 30.3 Å². The van der Waals surface area contributed by atoms with E-state index in [0.717, 1.165) is 31.7 Å². The summed E-state index contributed by atoms with van der Waals surface area (Å²) in [7, 11) is 0. The van der Waals surface area contributed by atoms with Crippen molar-refractivity contribution in [3.05, 3.63) is 66.0 Å². The van der Waals surface area contributed by atoms with Crippen molar-refractivity contribution in [2.75, 3.05) is 18.4 Å². The highest BCUT2D eigenvalue weighted by atomic mass is 32.1. The van der Waals surface area contributed by atoms with E-state index in [1.165, 1.54) is 17.7 Å². The summed E-state index contributed by atoms with van der Waals surface area (Å²) < 4.78 is 12.9. The zero-order valence-electron chi connectivity index (χ0n) is 12.8. The summed E-state index contributed by atoms with van der Waals surface area (Å²) in [5, 5.41) is 7.02. The molecule has 1 aliphatic heterocycles. The number of thiocarbonyl (C=S) groups is 1. The minimum Gasteiger partial charge on any atom is -0.358 e. The maximum Gasteiger partial charge on any atom is 0.171 e. The fraction of sp³-hybridized carbons (Fsp3) is 0.278. The maximum absolute atomic E-state index is 12.9. The molecule has 0 bridgehead atoms. The fourth-order valence-corrected chi connectivity index (χ4v) is 3.11. The lowest BCUT2D eigenvalue weighted by atomic mass is 10.2. The van der Waals surface area contributed by atoms with E-state index in [1.54, 1.807) is 12.1 Å². The smallest absolute Gasteiger partial charge is 0.171 e. The third kappa shape index (κ3) is 4.74. The second kappa shape index (κ2) is 7.53. The van der Waals surface area contributed by atoms with Gasteiger partial charge in [-0.15, -0.1) is 0 Å². The van der Waals surface area contributed by atoms with Crippen molar-refractivity contribution < 1.29 is 4.39 Å². The summed E-state index contributed by atoms with van der Waals surface area (Å²) >= 11 is 5.34. The molecular weight excluding hydrogens is 309 g/mol. The lowest BCUT2D eigenvalue weighted by Gasteiger charge is -2.18. The molecule has 0 aliphatic carbocycles. The summed E-state index contributed by atoms with van der Waals surface area (Å²) in [6, 6.07) is 17.0. The molecule has 0 spiro atoms. The lowest BCUT2D eigenvalue weighted by Crippen LogP contribution is -2.39. The predicted molar refractivity (Wildman–Crippen MR) is 95.9 cm³/mol. The molecule has 0 unspecified atom stereocenters. The summed E-state index contributed by atoms with van der Waals surface area (Å²) in [4.78, 5) is 2.42. The number of nitrogens with zero attached hydrogens (tertiary/aromatic N) is 1. The normalized spacial score (nSPS) is 17.9. The number of hydrogen-bond acceptors (Lipinski definition) is 2. The van der Waals surface area contributed by atoms with E-state index in [1.807, 2.05) is 6.07 Å². The first-order valence-corrected chi connectivity index (χ1v) is 8.19. The van der Waals surface area contributed by atoms with E-state index >= 15 is 0 Å². The third-order valence-electron chi connectivity index (χ3n) is 3.96. The molecule has 1 heterocycles. The minimum absolute atomic E-state index is 0.248. The Hall–Kier alpha value is -1.98. The Morgan fingerprint density at radius 1 is 1.13 bits per heavy atom. The molecule has 23 heavy (non-hydrogen) atoms. The summed E-state index contributed by atoms with van der Waals surface area (Å²) in [5.41, 5.74) is 2.13. The quantitative estimate of drug-likeness (QED) is 0.841. The van der Waals surface area contributed by atoms with Crippen LogP contribution in [0.5, 0.6) is 0 Å². The van der Waals surface area contributed by atoms with Gasteiger partial charge in [-0.05, 0) is 48.5 Å². The van der Waals surface area contributed by atoms with E-state index in [9.17, 15) is 4.39 Å². The number of benzene rings is 2. The Morgan fingerprint density at radius 3 is 2.61 bits per heavy atom. The largest absolute Gasteiger partial charge is 0.358 e. The van der Waals surface area contributed by atoms with Crippen LogP contribution >= 0.6 is 12.2 Å². The Labute approximate surface area is 141 Å². The minimum atomic E-state index is -0.248. The molecule has 2 aromatic carbocycles. The number of halogens is 1. The van der Waals surface area contributed by atoms with Crippen LogP contribution in [-0.2, 0) is 6.54 Å². The SMILES string of the molecule is Fc1ccc(NC(=S)N[C@H]2CCN(Cc3ccccc3)C2)cc1. The van der Waals surface area contributed by atoms with E-state index < -0.39 is 0 Å². The average Bonchev–Trinajstić information content (AvgIpc) is 2.97. The van der Waals surface area contributed by atoms with Gasteiger partial charge in [0.2, 0.25) is 0 Å². The zero-order chi connectivity index (χ0) is 16.1. The van der Waals surface area contributed by atoms with Crippen LogP contribution in [0.2, 0.25) is 0 Å². The van der Waals surface area contributed by atoms with E-state index in [2.05, 4.69) is 39.8 Å². The Morgan fingerprint density at radius 2 is 1.87 bits per heavy atom. The predicted octanol–water partition coefficient (Wildman–Crippen LogP) is 3.39. The third-order valence-corrected chi connectivity index (χ3v) is 4.18. The first-order chi connectivity index (χ1) is 11.2. The molecule has 2 aromatic rings. The van der Waals surface area contributed by atoms with E-state index in [-0.39, 0.29) is 5.82 Å². The molecule has 1 saturated heterocycles. The maximum atomic E-state index is 12.9. The standard InChI is InChI=1S/C18H20FN3S/c19-15-6-8-16(9-7-15)20-18(23)21-17-10-11-22(13-17)12-14-4-2-1-3-5-14/h1-9,17H,10-13H2,(H2,20,21,23)/t17-/m0/s1. The number of likely N-dealkylation sites (tertiary alicyclic amines) is 1. The number of nitrogens with one attached hydrogen (secondary N) is 2. The molecule has 3 rings (SSSR count). The number of hydrogen-bond donors (Lipinski definition) is 2. The average molecular weight is 329 g/mol. The van der Waals surface area contributed by atoms with Crippen molar-refractivity contribution in [3.63, 3.8) is 0 Å². The van der Waals surface area contributed by atoms with Crippen LogP contribution in [0.3, 0.4) is 0 Å². The van der Waals surface area contributed by atoms with Crippen LogP contribution in [0.15, 0.2) is 54.6 Å². The van der Waals surface area contributed by atoms with Crippen molar-refractivity contribution in [2.24, 2.45) is 0 Å². The van der Waals surface area contributed by atoms with Gasteiger partial charge < -0.3 is 10.6 Å². The molecule has 5 heteroatoms. The second-order valence-corrected chi connectivity index (χ2v) is 6.22. The van der Waals surface area contributed by atoms with Crippen molar-refractivity contribution in [1.82, 2.24) is 10.2 Å². The van der Waals surface area contributed by atoms with Crippen LogP contribution in [0, 0.1) is 5.82 Å². The highest BCUT2D eigenvalue weighted by Crippen LogP contribution is 2.14. The molecule has 2 N–H and O–H groups in total. The van der Waals surface area contributed by atoms with Crippen LogP contribution in [0.25, 0.3) is 0 Å². The Bertz CT molecular complexity index is 645. The highest BCUT2D eigenvalue weighted by molar-refractivity contribution is 7.80. The van der Waals surface area contributed by atoms with Gasteiger partial charge >= 0.3 is 0 Å². The van der Waals surface area contributed by atoms with Crippen LogP contribution < -0.4 is 10.6 Å². The first kappa shape index (κ1) is 15.9. The Balaban J connectivity index is 1.46. The molecule has 1 aliphatic rings. The van der Waals surface area contributed by atoms with Crippen molar-refractivity contribution in [2.45, 2.75) is 19.0 Å². The van der Waals surface area contributed by atoms with Gasteiger partial charge in [0.05, 0.1) is 0 Å². The molecule has 3 nitrogen and oxygen atoms in total. The molecular formula is C18H20FN3S. The second-order valence-electron chi connectivity index (χ2n) is 5.81. The summed E-state index contributed by atoms with van der Waals surface area (Å²) in [5.74, 6) is -0.248. The summed E-state index contributed by atoms with van der Waals surface area (Å²) in [6.07, 6.45) is 1.07. The topological polar surface area (TPSA) is 27.3 Å². The monoisotopic (exact) mass is 329 g/mol. The van der Waals surface area contributed by atoms with Gasteiger partial charge in [0.15, 0.2) is 5.11 Å². The Kier molecular flexibility index (Phi) is 5.20. The molecule has 0 aromatic heterocycles. The molecule has 0 radical (unpaired) electrons. The van der Waals surface area contributed by atoms with Gasteiger partial charge in [-0.2, -0.15) is 0 Å². The first-order valence-electron chi connectivity index (χ1n) is 7.78. The van der Waals surface area contributed by atoms with Gasteiger partial charge in [0.1, 0.15) is 5.82 Å². The molecule has 1 atom stereocenters. The summed E-state index contributed by atoms with van der Waals surface area (Å²) in [6.45, 7) is 3.00. The fourth-order valence-electron chi connectivity index (χ4n) is 2.82. The van der Waals surface area contributed by atoms with E-state index in [0.29, 0.717) is 11.2 Å². The number of anilines is 1. The zero-order valence-corrected chi connectivity index (χ0v) is 13.7. The van der Waals surface area contributed by atoms with Crippen molar-refractivity contribution >= 4 is 23.0 Å². The van der Waals surface area contributed by atoms with Gasteiger partial charge in [0, 0.05) is 31.4 Å². The number of rotatable bonds is 4. The van der Waals surface area contributed by atoms with E-state index in [4.69, 9.17) is 12.2 Å². The van der Waals surface area contributed by atoms with Crippen LogP contribution in [0.1, 0.15) is 12.0 Å². The van der Waals surface area contributed by atoms with Crippen LogP contribution in [-0.4, -0.2) is 29.1 Å². The molecule has 120 valence electrons. The van der Waals surface area contributed by atoms with Crippen LogP contribution in [0.4, 0.5) is 10.1 Å². The van der Waals surface area contributed by atoms with Gasteiger partial charge in [0.25, 0.3) is 0 Å². The highest BCUT2D eigenvalue weighted by Gasteiger charge is 2.22. The molecule has 0 amide bonds.